The predicted octanol–water partition coefficient (Wildman–Crippen LogP) is 4.91. The number of hydrogen-bond donors (Lipinski definition) is 0. The van der Waals surface area contributed by atoms with Crippen LogP contribution < -0.4 is 0 Å². The molecule has 0 N–H and O–H groups in total. The van der Waals surface area contributed by atoms with Gasteiger partial charge >= 0.3 is 0 Å². The van der Waals surface area contributed by atoms with Crippen molar-refractivity contribution in [1.82, 2.24) is 0 Å². The van der Waals surface area contributed by atoms with Crippen molar-refractivity contribution in [3.8, 4) is 0 Å². The fraction of sp³-hybridized carbons (Fsp3) is 0.429. The normalized spacial score (nSPS) is 11.3. The molecule has 0 fully saturated rings. The summed E-state index contributed by atoms with van der Waals surface area (Å²) < 4.78 is 0.336. The van der Waals surface area contributed by atoms with Crippen LogP contribution in [0, 0.1) is 0 Å². The fourth-order valence-electron chi connectivity index (χ4n) is 1.73. The molecule has 0 saturated heterocycles. The molecule has 0 radical (unpaired) electrons. The topological polar surface area (TPSA) is 0 Å². The Kier molecular flexibility index (Phi) is 4.97. The molecule has 1 rings (SSSR count). The van der Waals surface area contributed by atoms with Gasteiger partial charge in [-0.1, -0.05) is 38.1 Å². The van der Waals surface area contributed by atoms with Gasteiger partial charge in [0.15, 0.2) is 0 Å². The van der Waals surface area contributed by atoms with Gasteiger partial charge in [-0.25, -0.2) is 0 Å². The van der Waals surface area contributed by atoms with E-state index >= 15 is 0 Å². The van der Waals surface area contributed by atoms with Crippen molar-refractivity contribution in [2.45, 2.75) is 42.8 Å². The lowest BCUT2D eigenvalue weighted by atomic mass is 9.98. The van der Waals surface area contributed by atoms with E-state index in [-0.39, 0.29) is 0 Å². The maximum absolute atomic E-state index is 3.87. The SMILES string of the molecule is C=CCC(CC)(CC)Sc1ccccc1. The van der Waals surface area contributed by atoms with E-state index < -0.39 is 0 Å². The van der Waals surface area contributed by atoms with Gasteiger partial charge in [0.05, 0.1) is 0 Å². The lowest BCUT2D eigenvalue weighted by Crippen LogP contribution is -2.21. The van der Waals surface area contributed by atoms with Gasteiger partial charge in [0.1, 0.15) is 0 Å². The van der Waals surface area contributed by atoms with Crippen molar-refractivity contribution in [2.24, 2.45) is 0 Å². The van der Waals surface area contributed by atoms with Gasteiger partial charge < -0.3 is 0 Å². The molecule has 0 bridgehead atoms. The highest BCUT2D eigenvalue weighted by atomic mass is 32.2. The Hall–Kier alpha value is -0.690. The molecule has 0 saturated carbocycles. The van der Waals surface area contributed by atoms with Crippen LogP contribution in [0.2, 0.25) is 0 Å². The summed E-state index contributed by atoms with van der Waals surface area (Å²) in [6.45, 7) is 8.40. The smallest absolute Gasteiger partial charge is 0.0236 e. The Labute approximate surface area is 97.8 Å². The summed E-state index contributed by atoms with van der Waals surface area (Å²) in [6, 6.07) is 10.7. The van der Waals surface area contributed by atoms with Crippen molar-refractivity contribution < 1.29 is 0 Å². The Morgan fingerprint density at radius 1 is 1.20 bits per heavy atom. The highest BCUT2D eigenvalue weighted by Crippen LogP contribution is 2.40. The molecule has 0 aliphatic heterocycles. The van der Waals surface area contributed by atoms with Gasteiger partial charge in [-0.05, 0) is 31.4 Å². The maximum atomic E-state index is 3.87. The summed E-state index contributed by atoms with van der Waals surface area (Å²) in [7, 11) is 0. The quantitative estimate of drug-likeness (QED) is 0.484. The van der Waals surface area contributed by atoms with Crippen LogP contribution in [0.4, 0.5) is 0 Å². The molecular formula is C14H20S. The minimum atomic E-state index is 0.336. The molecule has 0 aliphatic rings. The summed E-state index contributed by atoms with van der Waals surface area (Å²) in [5.74, 6) is 0. The number of thioether (sulfide) groups is 1. The van der Waals surface area contributed by atoms with E-state index in [2.05, 4.69) is 50.8 Å². The predicted molar refractivity (Wildman–Crippen MR) is 70.4 cm³/mol. The second-order valence-corrected chi connectivity index (χ2v) is 5.34. The van der Waals surface area contributed by atoms with Gasteiger partial charge in [0, 0.05) is 9.64 Å². The molecule has 0 aliphatic carbocycles. The molecule has 0 aromatic heterocycles. The molecule has 1 aromatic rings. The van der Waals surface area contributed by atoms with Crippen molar-refractivity contribution in [1.29, 1.82) is 0 Å². The van der Waals surface area contributed by atoms with Crippen LogP contribution in [0.15, 0.2) is 47.9 Å². The molecule has 0 unspecified atom stereocenters. The van der Waals surface area contributed by atoms with Crippen molar-refractivity contribution in [3.05, 3.63) is 43.0 Å². The summed E-state index contributed by atoms with van der Waals surface area (Å²) in [5, 5.41) is 0. The molecule has 0 amide bonds. The van der Waals surface area contributed by atoms with Crippen LogP contribution >= 0.6 is 11.8 Å². The standard InChI is InChI=1S/C14H20S/c1-4-12-14(5-2,6-3)15-13-10-8-7-9-11-13/h4,7-11H,1,5-6,12H2,2-3H3. The third kappa shape index (κ3) is 3.42. The maximum Gasteiger partial charge on any atom is 0.0236 e. The first-order valence-corrected chi connectivity index (χ1v) is 6.43. The zero-order chi connectivity index (χ0) is 11.1. The van der Waals surface area contributed by atoms with E-state index in [1.54, 1.807) is 0 Å². The second kappa shape index (κ2) is 6.02. The average Bonchev–Trinajstić information content (AvgIpc) is 2.30. The molecule has 1 aromatic carbocycles. The van der Waals surface area contributed by atoms with Crippen molar-refractivity contribution in [2.75, 3.05) is 0 Å². The van der Waals surface area contributed by atoms with Gasteiger partial charge in [-0.15, -0.1) is 18.3 Å². The zero-order valence-corrected chi connectivity index (χ0v) is 10.5. The van der Waals surface area contributed by atoms with Gasteiger partial charge in [0.25, 0.3) is 0 Å². The fourth-order valence-corrected chi connectivity index (χ4v) is 3.01. The van der Waals surface area contributed by atoms with Crippen LogP contribution in [0.3, 0.4) is 0 Å². The largest absolute Gasteiger partial charge is 0.119 e. The van der Waals surface area contributed by atoms with Crippen LogP contribution in [0.1, 0.15) is 33.1 Å². The lowest BCUT2D eigenvalue weighted by molar-refractivity contribution is 0.555. The first-order valence-electron chi connectivity index (χ1n) is 5.61. The number of benzene rings is 1. The monoisotopic (exact) mass is 220 g/mol. The van der Waals surface area contributed by atoms with Crippen molar-refractivity contribution in [3.63, 3.8) is 0 Å². The minimum Gasteiger partial charge on any atom is -0.119 e. The lowest BCUT2D eigenvalue weighted by Gasteiger charge is -2.29. The Bertz CT molecular complexity index is 285. The van der Waals surface area contributed by atoms with Crippen LogP contribution in [-0.2, 0) is 0 Å². The van der Waals surface area contributed by atoms with E-state index in [9.17, 15) is 0 Å². The van der Waals surface area contributed by atoms with E-state index in [4.69, 9.17) is 0 Å². The first kappa shape index (κ1) is 12.4. The van der Waals surface area contributed by atoms with Gasteiger partial charge in [0.2, 0.25) is 0 Å². The molecule has 0 nitrogen and oxygen atoms in total. The van der Waals surface area contributed by atoms with Crippen LogP contribution in [-0.4, -0.2) is 4.75 Å². The Balaban J connectivity index is 2.78. The van der Waals surface area contributed by atoms with Crippen LogP contribution in [0.25, 0.3) is 0 Å². The Morgan fingerprint density at radius 3 is 2.27 bits per heavy atom. The molecule has 0 atom stereocenters. The van der Waals surface area contributed by atoms with E-state index in [1.165, 1.54) is 17.7 Å². The highest BCUT2D eigenvalue weighted by Gasteiger charge is 2.25. The number of rotatable bonds is 6. The summed E-state index contributed by atoms with van der Waals surface area (Å²) in [4.78, 5) is 1.36. The van der Waals surface area contributed by atoms with E-state index in [0.717, 1.165) is 6.42 Å². The number of allylic oxidation sites excluding steroid dienone is 1. The molecule has 15 heavy (non-hydrogen) atoms. The summed E-state index contributed by atoms with van der Waals surface area (Å²) in [5.41, 5.74) is 0. The van der Waals surface area contributed by atoms with E-state index in [1.807, 2.05) is 17.8 Å². The molecule has 1 heteroatoms. The zero-order valence-electron chi connectivity index (χ0n) is 9.70. The number of hydrogen-bond acceptors (Lipinski definition) is 1. The Morgan fingerprint density at radius 2 is 1.80 bits per heavy atom. The summed E-state index contributed by atoms with van der Waals surface area (Å²) >= 11 is 1.99. The van der Waals surface area contributed by atoms with Crippen molar-refractivity contribution >= 4 is 11.8 Å². The third-order valence-electron chi connectivity index (χ3n) is 2.88. The van der Waals surface area contributed by atoms with Gasteiger partial charge in [-0.2, -0.15) is 0 Å². The molecular weight excluding hydrogens is 200 g/mol. The van der Waals surface area contributed by atoms with Gasteiger partial charge in [-0.3, -0.25) is 0 Å². The summed E-state index contributed by atoms with van der Waals surface area (Å²) in [6.07, 6.45) is 5.51. The average molecular weight is 220 g/mol. The van der Waals surface area contributed by atoms with Crippen LogP contribution in [0.5, 0.6) is 0 Å². The molecule has 0 heterocycles. The third-order valence-corrected chi connectivity index (χ3v) is 4.57. The minimum absolute atomic E-state index is 0.336. The molecule has 82 valence electrons. The first-order chi connectivity index (χ1) is 7.26. The van der Waals surface area contributed by atoms with E-state index in [0.29, 0.717) is 4.75 Å². The highest BCUT2D eigenvalue weighted by molar-refractivity contribution is 8.00. The second-order valence-electron chi connectivity index (χ2n) is 3.80. The molecule has 0 spiro atoms.